The van der Waals surface area contributed by atoms with Gasteiger partial charge in [0.15, 0.2) is 11.6 Å². The maximum atomic E-state index is 12.7. The van der Waals surface area contributed by atoms with Crippen LogP contribution >= 0.6 is 0 Å². The van der Waals surface area contributed by atoms with E-state index in [1.54, 1.807) is 4.68 Å². The molecule has 3 heterocycles. The van der Waals surface area contributed by atoms with Gasteiger partial charge in [-0.25, -0.2) is 4.68 Å². The summed E-state index contributed by atoms with van der Waals surface area (Å²) in [6, 6.07) is 10.2. The van der Waals surface area contributed by atoms with Gasteiger partial charge in [-0.05, 0) is 69.2 Å². The first-order valence-corrected chi connectivity index (χ1v) is 10.3. The fourth-order valence-corrected chi connectivity index (χ4v) is 3.82. The van der Waals surface area contributed by atoms with Crippen LogP contribution in [0.4, 0.5) is 24.7 Å². The molecule has 1 saturated heterocycles. The monoisotopic (exact) mass is 444 g/mol. The summed E-state index contributed by atoms with van der Waals surface area (Å²) in [6.07, 6.45) is -3.16. The van der Waals surface area contributed by atoms with Crippen LogP contribution in [-0.4, -0.2) is 39.0 Å². The fourth-order valence-electron chi connectivity index (χ4n) is 3.82. The van der Waals surface area contributed by atoms with E-state index < -0.39 is 11.7 Å². The van der Waals surface area contributed by atoms with Crippen molar-refractivity contribution in [2.75, 3.05) is 23.3 Å². The van der Waals surface area contributed by atoms with Crippen LogP contribution in [0.1, 0.15) is 29.8 Å². The molecule has 0 bridgehead atoms. The first-order chi connectivity index (χ1) is 15.2. The second-order valence-electron chi connectivity index (χ2n) is 7.91. The summed E-state index contributed by atoms with van der Waals surface area (Å²) in [6.45, 7) is 5.15. The van der Waals surface area contributed by atoms with Crippen molar-refractivity contribution in [3.63, 3.8) is 0 Å². The number of hydrogen-bond donors (Lipinski definition) is 1. The van der Waals surface area contributed by atoms with Gasteiger partial charge in [0.2, 0.25) is 5.91 Å². The Labute approximate surface area is 183 Å². The van der Waals surface area contributed by atoms with Crippen molar-refractivity contribution in [3.8, 4) is 5.82 Å². The number of halogens is 3. The quantitative estimate of drug-likeness (QED) is 0.654. The molecule has 1 amide bonds. The van der Waals surface area contributed by atoms with Crippen molar-refractivity contribution in [2.24, 2.45) is 5.92 Å². The summed E-state index contributed by atoms with van der Waals surface area (Å²) < 4.78 is 39.8. The Morgan fingerprint density at radius 2 is 1.62 bits per heavy atom. The number of rotatable bonds is 4. The normalized spacial score (nSPS) is 15.1. The predicted molar refractivity (Wildman–Crippen MR) is 114 cm³/mol. The third kappa shape index (κ3) is 4.74. The number of carbonyl (C=O) groups excluding carboxylic acids is 1. The Bertz CT molecular complexity index is 1080. The van der Waals surface area contributed by atoms with Crippen LogP contribution in [0.25, 0.3) is 5.82 Å². The molecule has 0 aliphatic carbocycles. The van der Waals surface area contributed by atoms with E-state index in [0.29, 0.717) is 37.4 Å². The number of piperidine rings is 1. The van der Waals surface area contributed by atoms with Crippen LogP contribution in [0.2, 0.25) is 0 Å². The second-order valence-corrected chi connectivity index (χ2v) is 7.91. The number of anilines is 2. The average molecular weight is 444 g/mol. The summed E-state index contributed by atoms with van der Waals surface area (Å²) in [5.41, 5.74) is 1.50. The highest BCUT2D eigenvalue weighted by Gasteiger charge is 2.30. The van der Waals surface area contributed by atoms with Crippen molar-refractivity contribution < 1.29 is 18.0 Å². The van der Waals surface area contributed by atoms with Gasteiger partial charge in [0.05, 0.1) is 11.3 Å². The van der Waals surface area contributed by atoms with Gasteiger partial charge in [-0.15, -0.1) is 10.2 Å². The summed E-state index contributed by atoms with van der Waals surface area (Å²) in [7, 11) is 0. The molecule has 0 radical (unpaired) electrons. The number of amides is 1. The molecule has 1 N–H and O–H groups in total. The van der Waals surface area contributed by atoms with Crippen LogP contribution in [0.5, 0.6) is 0 Å². The van der Waals surface area contributed by atoms with Gasteiger partial charge in [0, 0.05) is 30.4 Å². The highest BCUT2D eigenvalue weighted by atomic mass is 19.4. The lowest BCUT2D eigenvalue weighted by Crippen LogP contribution is -2.38. The van der Waals surface area contributed by atoms with E-state index in [4.69, 9.17) is 0 Å². The largest absolute Gasteiger partial charge is 0.416 e. The third-order valence-corrected chi connectivity index (χ3v) is 5.53. The maximum Gasteiger partial charge on any atom is 0.416 e. The fraction of sp³-hybridized carbons (Fsp3) is 0.364. The summed E-state index contributed by atoms with van der Waals surface area (Å²) >= 11 is 0. The van der Waals surface area contributed by atoms with Crippen LogP contribution in [0.15, 0.2) is 42.5 Å². The van der Waals surface area contributed by atoms with E-state index in [2.05, 4.69) is 25.5 Å². The molecule has 10 heteroatoms. The highest BCUT2D eigenvalue weighted by molar-refractivity contribution is 5.92. The summed E-state index contributed by atoms with van der Waals surface area (Å²) in [4.78, 5) is 14.6. The molecule has 7 nitrogen and oxygen atoms in total. The Morgan fingerprint density at radius 3 is 2.16 bits per heavy atom. The Hall–Kier alpha value is -3.43. The average Bonchev–Trinajstić information content (AvgIpc) is 3.11. The number of aromatic nitrogens is 4. The molecule has 1 aliphatic heterocycles. The number of aryl methyl sites for hydroxylation is 2. The van der Waals surface area contributed by atoms with Gasteiger partial charge in [-0.3, -0.25) is 4.79 Å². The van der Waals surface area contributed by atoms with Gasteiger partial charge in [0.25, 0.3) is 0 Å². The van der Waals surface area contributed by atoms with E-state index in [0.717, 1.165) is 29.3 Å². The minimum atomic E-state index is -4.40. The Balaban J connectivity index is 1.32. The minimum absolute atomic E-state index is 0.185. The van der Waals surface area contributed by atoms with Crippen LogP contribution in [0, 0.1) is 19.8 Å². The van der Waals surface area contributed by atoms with Crippen LogP contribution in [-0.2, 0) is 11.0 Å². The van der Waals surface area contributed by atoms with Crippen molar-refractivity contribution >= 4 is 17.4 Å². The molecule has 3 aromatic rings. The number of nitrogens with one attached hydrogen (secondary N) is 1. The lowest BCUT2D eigenvalue weighted by molar-refractivity contribution is -0.137. The SMILES string of the molecule is Cc1cc(C)n(-c2ccc(N3CCC(C(=O)Nc4ccc(C(F)(F)F)cc4)CC3)nn2)n1. The lowest BCUT2D eigenvalue weighted by atomic mass is 9.95. The topological polar surface area (TPSA) is 75.9 Å². The Morgan fingerprint density at radius 1 is 1.00 bits per heavy atom. The second kappa shape index (κ2) is 8.60. The lowest BCUT2D eigenvalue weighted by Gasteiger charge is -2.31. The molecule has 168 valence electrons. The van der Waals surface area contributed by atoms with Gasteiger partial charge in [0.1, 0.15) is 0 Å². The zero-order chi connectivity index (χ0) is 22.9. The third-order valence-electron chi connectivity index (χ3n) is 5.53. The van der Waals surface area contributed by atoms with Crippen LogP contribution < -0.4 is 10.2 Å². The van der Waals surface area contributed by atoms with E-state index in [-0.39, 0.29) is 11.8 Å². The molecule has 1 aliphatic rings. The first kappa shape index (κ1) is 21.8. The van der Waals surface area contributed by atoms with Crippen molar-refractivity contribution in [1.82, 2.24) is 20.0 Å². The molecular formula is C22H23F3N6O. The van der Waals surface area contributed by atoms with Gasteiger partial charge in [-0.1, -0.05) is 0 Å². The summed E-state index contributed by atoms with van der Waals surface area (Å²) in [5, 5.41) is 15.7. The smallest absolute Gasteiger partial charge is 0.355 e. The zero-order valence-electron chi connectivity index (χ0n) is 17.7. The molecule has 0 atom stereocenters. The van der Waals surface area contributed by atoms with E-state index in [9.17, 15) is 18.0 Å². The van der Waals surface area contributed by atoms with E-state index >= 15 is 0 Å². The van der Waals surface area contributed by atoms with Crippen LogP contribution in [0.3, 0.4) is 0 Å². The first-order valence-electron chi connectivity index (χ1n) is 10.3. The minimum Gasteiger partial charge on any atom is -0.355 e. The van der Waals surface area contributed by atoms with E-state index in [1.165, 1.54) is 12.1 Å². The standard InChI is InChI=1S/C22H23F3N6O/c1-14-13-15(2)31(29-14)20-8-7-19(27-28-20)30-11-9-16(10-12-30)21(32)26-18-5-3-17(4-6-18)22(23,24)25/h3-8,13,16H,9-12H2,1-2H3,(H,26,32). The molecular weight excluding hydrogens is 421 g/mol. The molecule has 1 aromatic carbocycles. The summed E-state index contributed by atoms with van der Waals surface area (Å²) in [5.74, 6) is 0.980. The molecule has 1 fully saturated rings. The van der Waals surface area contributed by atoms with Gasteiger partial charge >= 0.3 is 6.18 Å². The number of nitrogens with zero attached hydrogens (tertiary/aromatic N) is 5. The molecule has 32 heavy (non-hydrogen) atoms. The Kier molecular flexibility index (Phi) is 5.86. The zero-order valence-corrected chi connectivity index (χ0v) is 17.7. The molecule has 0 saturated carbocycles. The van der Waals surface area contributed by atoms with Gasteiger partial charge in [-0.2, -0.15) is 18.3 Å². The van der Waals surface area contributed by atoms with Crippen molar-refractivity contribution in [1.29, 1.82) is 0 Å². The van der Waals surface area contributed by atoms with Crippen molar-refractivity contribution in [3.05, 3.63) is 59.4 Å². The number of alkyl halides is 3. The predicted octanol–water partition coefficient (Wildman–Crippen LogP) is 4.15. The van der Waals surface area contributed by atoms with E-state index in [1.807, 2.05) is 32.0 Å². The number of hydrogen-bond acceptors (Lipinski definition) is 5. The molecule has 2 aromatic heterocycles. The number of benzene rings is 1. The molecule has 4 rings (SSSR count). The van der Waals surface area contributed by atoms with Crippen molar-refractivity contribution in [2.45, 2.75) is 32.9 Å². The maximum absolute atomic E-state index is 12.7. The molecule has 0 unspecified atom stereocenters. The highest BCUT2D eigenvalue weighted by Crippen LogP contribution is 2.30. The molecule has 0 spiro atoms. The number of carbonyl (C=O) groups is 1. The van der Waals surface area contributed by atoms with Gasteiger partial charge < -0.3 is 10.2 Å².